The largest absolute Gasteiger partial charge is 0.545 e. The van der Waals surface area contributed by atoms with E-state index in [-0.39, 0.29) is 5.56 Å². The first kappa shape index (κ1) is 9.15. The molecule has 2 aromatic rings. The van der Waals surface area contributed by atoms with Gasteiger partial charge in [0.15, 0.2) is 5.65 Å². The second kappa shape index (κ2) is 3.06. The van der Waals surface area contributed by atoms with Gasteiger partial charge in [-0.3, -0.25) is 0 Å². The summed E-state index contributed by atoms with van der Waals surface area (Å²) in [5.74, 6) is -1.31. The Labute approximate surface area is 84.4 Å². The van der Waals surface area contributed by atoms with Crippen LogP contribution in [0.3, 0.4) is 0 Å². The van der Waals surface area contributed by atoms with E-state index >= 15 is 0 Å². The highest BCUT2D eigenvalue weighted by atomic mass is 16.4. The van der Waals surface area contributed by atoms with Gasteiger partial charge >= 0.3 is 0 Å². The molecule has 0 saturated heterocycles. The number of nitrogens with zero attached hydrogens (tertiary/aromatic N) is 4. The number of fused-ring (bicyclic) bond motifs is 1. The first-order chi connectivity index (χ1) is 7.15. The van der Waals surface area contributed by atoms with E-state index in [9.17, 15) is 9.90 Å². The van der Waals surface area contributed by atoms with Crippen molar-refractivity contribution in [2.75, 3.05) is 0 Å². The number of rotatable bonds is 1. The third-order valence-electron chi connectivity index (χ3n) is 2.11. The molecule has 0 bridgehead atoms. The highest BCUT2D eigenvalue weighted by Crippen LogP contribution is 2.11. The molecule has 0 radical (unpaired) electrons. The van der Waals surface area contributed by atoms with Gasteiger partial charge in [0.25, 0.3) is 0 Å². The lowest BCUT2D eigenvalue weighted by molar-refractivity contribution is -0.255. The molecule has 0 fully saturated rings. The van der Waals surface area contributed by atoms with Crippen LogP contribution < -0.4 is 5.11 Å². The van der Waals surface area contributed by atoms with E-state index in [0.29, 0.717) is 16.9 Å². The highest BCUT2D eigenvalue weighted by Gasteiger charge is 2.09. The summed E-state index contributed by atoms with van der Waals surface area (Å²) in [6.45, 7) is 1.58. The van der Waals surface area contributed by atoms with E-state index in [2.05, 4.69) is 10.1 Å². The lowest BCUT2D eigenvalue weighted by Gasteiger charge is -2.06. The summed E-state index contributed by atoms with van der Waals surface area (Å²) in [6, 6.07) is 1.92. The Hall–Kier alpha value is -2.42. The first-order valence-corrected chi connectivity index (χ1v) is 4.10. The number of aromatic carboxylic acids is 1. The first-order valence-electron chi connectivity index (χ1n) is 4.10. The van der Waals surface area contributed by atoms with Crippen molar-refractivity contribution >= 4 is 11.6 Å². The molecule has 0 N–H and O–H groups in total. The maximum atomic E-state index is 10.7. The molecule has 2 aromatic heterocycles. The Kier molecular flexibility index (Phi) is 1.87. The van der Waals surface area contributed by atoms with Crippen molar-refractivity contribution in [1.29, 1.82) is 5.26 Å². The molecule has 0 amide bonds. The molecule has 2 rings (SSSR count). The molecule has 74 valence electrons. The van der Waals surface area contributed by atoms with E-state index in [1.807, 2.05) is 6.07 Å². The van der Waals surface area contributed by atoms with Crippen LogP contribution in [0.25, 0.3) is 5.65 Å². The summed E-state index contributed by atoms with van der Waals surface area (Å²) in [7, 11) is 0. The average molecular weight is 201 g/mol. The second-order valence-corrected chi connectivity index (χ2v) is 2.95. The summed E-state index contributed by atoms with van der Waals surface area (Å²) >= 11 is 0. The van der Waals surface area contributed by atoms with Crippen molar-refractivity contribution in [2.24, 2.45) is 0 Å². The Morgan fingerprint density at radius 1 is 1.60 bits per heavy atom. The van der Waals surface area contributed by atoms with Gasteiger partial charge in [0, 0.05) is 11.8 Å². The summed E-state index contributed by atoms with van der Waals surface area (Å²) in [5, 5.41) is 23.3. The molecule has 0 aliphatic carbocycles. The standard InChI is InChI=1S/C9H6N4O2/c1-5-7(9(14)15)4-11-8-6(2-10)3-12-13(5)8/h3-4H,1H3,(H,14,15)/p-1. The Balaban J connectivity index is 2.82. The lowest BCUT2D eigenvalue weighted by atomic mass is 10.2. The second-order valence-electron chi connectivity index (χ2n) is 2.95. The van der Waals surface area contributed by atoms with Crippen LogP contribution in [-0.2, 0) is 0 Å². The zero-order valence-electron chi connectivity index (χ0n) is 7.76. The number of nitriles is 1. The molecule has 2 heterocycles. The minimum absolute atomic E-state index is 0.0323. The van der Waals surface area contributed by atoms with Crippen molar-refractivity contribution in [3.63, 3.8) is 0 Å². The van der Waals surface area contributed by atoms with Gasteiger partial charge in [-0.15, -0.1) is 0 Å². The average Bonchev–Trinajstić information content (AvgIpc) is 2.61. The molecular weight excluding hydrogens is 196 g/mol. The molecule has 0 spiro atoms. The Morgan fingerprint density at radius 2 is 2.33 bits per heavy atom. The zero-order chi connectivity index (χ0) is 11.0. The molecule has 0 atom stereocenters. The van der Waals surface area contributed by atoms with Gasteiger partial charge in [0.2, 0.25) is 0 Å². The van der Waals surface area contributed by atoms with Gasteiger partial charge in [-0.05, 0) is 6.92 Å². The number of hydrogen-bond acceptors (Lipinski definition) is 5. The minimum atomic E-state index is -1.31. The maximum Gasteiger partial charge on any atom is 0.173 e. The van der Waals surface area contributed by atoms with Gasteiger partial charge < -0.3 is 9.90 Å². The maximum absolute atomic E-state index is 10.7. The van der Waals surface area contributed by atoms with Gasteiger partial charge in [-0.2, -0.15) is 10.4 Å². The van der Waals surface area contributed by atoms with Crippen LogP contribution in [0, 0.1) is 18.3 Å². The number of aryl methyl sites for hydroxylation is 1. The number of carboxylic acids is 1. The molecule has 0 unspecified atom stereocenters. The normalized spacial score (nSPS) is 10.1. The third kappa shape index (κ3) is 1.21. The topological polar surface area (TPSA) is 94.1 Å². The van der Waals surface area contributed by atoms with Crippen molar-refractivity contribution < 1.29 is 9.90 Å². The third-order valence-corrected chi connectivity index (χ3v) is 2.11. The van der Waals surface area contributed by atoms with Crippen LogP contribution in [0.2, 0.25) is 0 Å². The molecule has 0 aromatic carbocycles. The number of carbonyl (C=O) groups is 1. The predicted octanol–water partition coefficient (Wildman–Crippen LogP) is -0.727. The fraction of sp³-hybridized carbons (Fsp3) is 0.111. The highest BCUT2D eigenvalue weighted by molar-refractivity contribution is 5.87. The van der Waals surface area contributed by atoms with E-state index in [1.165, 1.54) is 16.9 Å². The fourth-order valence-electron chi connectivity index (χ4n) is 1.32. The smallest absolute Gasteiger partial charge is 0.173 e. The zero-order valence-corrected chi connectivity index (χ0v) is 7.76. The van der Waals surface area contributed by atoms with Crippen LogP contribution in [0.15, 0.2) is 12.4 Å². The summed E-state index contributed by atoms with van der Waals surface area (Å²) in [6.07, 6.45) is 2.51. The summed E-state index contributed by atoms with van der Waals surface area (Å²) < 4.78 is 1.31. The molecule has 6 nitrogen and oxygen atoms in total. The molecule has 0 aliphatic heterocycles. The predicted molar refractivity (Wildman–Crippen MR) is 46.8 cm³/mol. The molecule has 6 heteroatoms. The van der Waals surface area contributed by atoms with Crippen molar-refractivity contribution in [1.82, 2.24) is 14.6 Å². The number of carboxylic acid groups (broad SMARTS) is 1. The van der Waals surface area contributed by atoms with Gasteiger partial charge in [0.05, 0.1) is 17.9 Å². The molecule has 0 saturated carbocycles. The summed E-state index contributed by atoms with van der Waals surface area (Å²) in [4.78, 5) is 14.5. The van der Waals surface area contributed by atoms with Crippen LogP contribution in [0.4, 0.5) is 0 Å². The van der Waals surface area contributed by atoms with Gasteiger partial charge in [-0.25, -0.2) is 9.50 Å². The van der Waals surface area contributed by atoms with E-state index < -0.39 is 5.97 Å². The van der Waals surface area contributed by atoms with Crippen LogP contribution in [-0.4, -0.2) is 20.6 Å². The van der Waals surface area contributed by atoms with E-state index in [1.54, 1.807) is 6.92 Å². The number of carbonyl (C=O) groups excluding carboxylic acids is 1. The molecule has 15 heavy (non-hydrogen) atoms. The van der Waals surface area contributed by atoms with Gasteiger partial charge in [0.1, 0.15) is 11.6 Å². The SMILES string of the molecule is Cc1c(C(=O)[O-])cnc2c(C#N)cnn12. The molecular formula is C9H5N4O2-. The quantitative estimate of drug-likeness (QED) is 0.606. The fourth-order valence-corrected chi connectivity index (χ4v) is 1.32. The Morgan fingerprint density at radius 3 is 2.93 bits per heavy atom. The van der Waals surface area contributed by atoms with Crippen molar-refractivity contribution in [3.05, 3.63) is 29.2 Å². The minimum Gasteiger partial charge on any atom is -0.545 e. The van der Waals surface area contributed by atoms with Crippen LogP contribution in [0.1, 0.15) is 21.6 Å². The monoisotopic (exact) mass is 201 g/mol. The van der Waals surface area contributed by atoms with Gasteiger partial charge in [-0.1, -0.05) is 0 Å². The van der Waals surface area contributed by atoms with Crippen molar-refractivity contribution in [3.8, 4) is 6.07 Å². The van der Waals surface area contributed by atoms with Crippen molar-refractivity contribution in [2.45, 2.75) is 6.92 Å². The number of hydrogen-bond donors (Lipinski definition) is 0. The number of aromatic nitrogens is 3. The summed E-state index contributed by atoms with van der Waals surface area (Å²) in [5.41, 5.74) is 1.01. The lowest BCUT2D eigenvalue weighted by Crippen LogP contribution is -2.24. The van der Waals surface area contributed by atoms with Crippen LogP contribution in [0.5, 0.6) is 0 Å². The molecule has 0 aliphatic rings. The van der Waals surface area contributed by atoms with E-state index in [4.69, 9.17) is 5.26 Å². The van der Waals surface area contributed by atoms with E-state index in [0.717, 1.165) is 0 Å². The Bertz CT molecular complexity index is 594. The van der Waals surface area contributed by atoms with Crippen LogP contribution >= 0.6 is 0 Å².